The van der Waals surface area contributed by atoms with Crippen molar-refractivity contribution >= 4 is 21.8 Å². The van der Waals surface area contributed by atoms with E-state index in [1.54, 1.807) is 30.0 Å². The predicted octanol–water partition coefficient (Wildman–Crippen LogP) is 0.773. The van der Waals surface area contributed by atoms with E-state index >= 15 is 0 Å². The Bertz CT molecular complexity index is 484. The molecule has 1 aromatic carbocycles. The van der Waals surface area contributed by atoms with Crippen LogP contribution >= 0.6 is 0 Å². The van der Waals surface area contributed by atoms with Crippen LogP contribution in [0, 0.1) is 0 Å². The molecular weight excluding hydrogens is 232 g/mol. The minimum atomic E-state index is -3.90. The number of amides is 1. The molecular formula is C9H12N2O4S. The van der Waals surface area contributed by atoms with Crippen molar-refractivity contribution in [2.75, 3.05) is 19.5 Å². The fourth-order valence-electron chi connectivity index (χ4n) is 1.11. The van der Waals surface area contributed by atoms with Crippen molar-refractivity contribution in [3.8, 4) is 0 Å². The maximum Gasteiger partial charge on any atom is 0.420 e. The largest absolute Gasteiger partial charge is 0.452 e. The highest BCUT2D eigenvalue weighted by molar-refractivity contribution is 7.90. The van der Waals surface area contributed by atoms with Crippen LogP contribution in [0.5, 0.6) is 0 Å². The van der Waals surface area contributed by atoms with Gasteiger partial charge in [-0.3, -0.25) is 0 Å². The number of benzene rings is 1. The zero-order valence-electron chi connectivity index (χ0n) is 8.85. The molecule has 1 amide bonds. The second kappa shape index (κ2) is 4.84. The molecule has 0 spiro atoms. The Balaban J connectivity index is 3.12. The summed E-state index contributed by atoms with van der Waals surface area (Å²) in [4.78, 5) is 10.9. The molecule has 0 radical (unpaired) electrons. The second-order valence-electron chi connectivity index (χ2n) is 2.84. The Morgan fingerprint density at radius 3 is 2.50 bits per heavy atom. The summed E-state index contributed by atoms with van der Waals surface area (Å²) in [5, 5.41) is 2.72. The topological polar surface area (TPSA) is 84.5 Å². The first-order chi connectivity index (χ1) is 7.51. The van der Waals surface area contributed by atoms with Gasteiger partial charge in [0.1, 0.15) is 4.90 Å². The Labute approximate surface area is 93.7 Å². The standard InChI is InChI=1S/C9H12N2O4S/c1-10-7-5-3-4-6-8(7)16(13,14)11-9(12)15-2/h3-6,10H,1-2H3,(H,11,12). The summed E-state index contributed by atoms with van der Waals surface area (Å²) in [6.07, 6.45) is -1.02. The van der Waals surface area contributed by atoms with Gasteiger partial charge in [0.25, 0.3) is 10.0 Å². The number of nitrogens with one attached hydrogen (secondary N) is 2. The molecule has 0 bridgehead atoms. The van der Waals surface area contributed by atoms with Gasteiger partial charge < -0.3 is 10.1 Å². The average Bonchev–Trinajstić information content (AvgIpc) is 2.28. The zero-order valence-corrected chi connectivity index (χ0v) is 9.67. The van der Waals surface area contributed by atoms with Gasteiger partial charge in [-0.15, -0.1) is 0 Å². The van der Waals surface area contributed by atoms with E-state index in [1.165, 1.54) is 6.07 Å². The SMILES string of the molecule is CNc1ccccc1S(=O)(=O)NC(=O)OC. The molecule has 6 nitrogen and oxygen atoms in total. The summed E-state index contributed by atoms with van der Waals surface area (Å²) in [6.45, 7) is 0. The highest BCUT2D eigenvalue weighted by Gasteiger charge is 2.20. The van der Waals surface area contributed by atoms with Gasteiger partial charge in [-0.2, -0.15) is 0 Å². The first-order valence-electron chi connectivity index (χ1n) is 4.39. The maximum absolute atomic E-state index is 11.7. The minimum Gasteiger partial charge on any atom is -0.452 e. The van der Waals surface area contributed by atoms with Crippen LogP contribution in [-0.4, -0.2) is 28.7 Å². The van der Waals surface area contributed by atoms with Crippen LogP contribution in [-0.2, 0) is 14.8 Å². The lowest BCUT2D eigenvalue weighted by atomic mass is 10.3. The molecule has 0 aliphatic carbocycles. The van der Waals surface area contributed by atoms with Crippen molar-refractivity contribution in [2.45, 2.75) is 4.90 Å². The van der Waals surface area contributed by atoms with E-state index in [0.717, 1.165) is 7.11 Å². The molecule has 0 unspecified atom stereocenters. The third-order valence-corrected chi connectivity index (χ3v) is 3.22. The van der Waals surface area contributed by atoms with Crippen LogP contribution in [0.25, 0.3) is 0 Å². The lowest BCUT2D eigenvalue weighted by Gasteiger charge is -2.09. The quantitative estimate of drug-likeness (QED) is 0.820. The normalized spacial score (nSPS) is 10.6. The zero-order chi connectivity index (χ0) is 12.2. The van der Waals surface area contributed by atoms with Crippen LogP contribution in [0.2, 0.25) is 0 Å². The molecule has 0 aliphatic rings. The fraction of sp³-hybridized carbons (Fsp3) is 0.222. The Kier molecular flexibility index (Phi) is 3.73. The summed E-state index contributed by atoms with van der Waals surface area (Å²) >= 11 is 0. The highest BCUT2D eigenvalue weighted by atomic mass is 32.2. The molecule has 88 valence electrons. The number of hydrogen-bond acceptors (Lipinski definition) is 5. The van der Waals surface area contributed by atoms with Crippen LogP contribution in [0.3, 0.4) is 0 Å². The van der Waals surface area contributed by atoms with E-state index < -0.39 is 16.1 Å². The number of para-hydroxylation sites is 1. The van der Waals surface area contributed by atoms with E-state index in [9.17, 15) is 13.2 Å². The summed E-state index contributed by atoms with van der Waals surface area (Å²) in [6, 6.07) is 6.22. The molecule has 0 saturated heterocycles. The number of methoxy groups -OCH3 is 1. The number of sulfonamides is 1. The van der Waals surface area contributed by atoms with Gasteiger partial charge in [-0.1, -0.05) is 12.1 Å². The third kappa shape index (κ3) is 2.63. The van der Waals surface area contributed by atoms with Crippen LogP contribution in [0.1, 0.15) is 0 Å². The minimum absolute atomic E-state index is 0.0112. The van der Waals surface area contributed by atoms with Crippen molar-refractivity contribution in [3.05, 3.63) is 24.3 Å². The van der Waals surface area contributed by atoms with Gasteiger partial charge in [0, 0.05) is 7.05 Å². The van der Waals surface area contributed by atoms with Crippen LogP contribution < -0.4 is 10.0 Å². The van der Waals surface area contributed by atoms with Gasteiger partial charge in [0.2, 0.25) is 0 Å². The molecule has 16 heavy (non-hydrogen) atoms. The highest BCUT2D eigenvalue weighted by Crippen LogP contribution is 2.19. The van der Waals surface area contributed by atoms with Crippen molar-refractivity contribution in [1.82, 2.24) is 4.72 Å². The van der Waals surface area contributed by atoms with E-state index in [0.29, 0.717) is 5.69 Å². The van der Waals surface area contributed by atoms with E-state index in [4.69, 9.17) is 0 Å². The molecule has 0 atom stereocenters. The number of anilines is 1. The molecule has 0 saturated carbocycles. The molecule has 0 aliphatic heterocycles. The summed E-state index contributed by atoms with van der Waals surface area (Å²) in [5.41, 5.74) is 0.402. The van der Waals surface area contributed by atoms with Gasteiger partial charge in [0.05, 0.1) is 12.8 Å². The van der Waals surface area contributed by atoms with Crippen molar-refractivity contribution < 1.29 is 17.9 Å². The molecule has 7 heteroatoms. The number of carbonyl (C=O) groups excluding carboxylic acids is 1. The van der Waals surface area contributed by atoms with E-state index in [1.807, 2.05) is 0 Å². The number of rotatable bonds is 3. The second-order valence-corrected chi connectivity index (χ2v) is 4.49. The predicted molar refractivity (Wildman–Crippen MR) is 58.7 cm³/mol. The summed E-state index contributed by atoms with van der Waals surface area (Å²) in [7, 11) is -1.22. The molecule has 1 aromatic rings. The van der Waals surface area contributed by atoms with Gasteiger partial charge >= 0.3 is 6.09 Å². The number of carbonyl (C=O) groups is 1. The molecule has 1 rings (SSSR count). The van der Waals surface area contributed by atoms with Crippen molar-refractivity contribution in [2.24, 2.45) is 0 Å². The van der Waals surface area contributed by atoms with Crippen LogP contribution in [0.4, 0.5) is 10.5 Å². The average molecular weight is 244 g/mol. The Morgan fingerprint density at radius 1 is 1.31 bits per heavy atom. The third-order valence-electron chi connectivity index (χ3n) is 1.85. The summed E-state index contributed by atoms with van der Waals surface area (Å²) < 4.78 is 29.5. The summed E-state index contributed by atoms with van der Waals surface area (Å²) in [5.74, 6) is 0. The Morgan fingerprint density at radius 2 is 1.94 bits per heavy atom. The fourth-order valence-corrected chi connectivity index (χ4v) is 2.24. The maximum atomic E-state index is 11.7. The molecule has 0 aromatic heterocycles. The lowest BCUT2D eigenvalue weighted by molar-refractivity contribution is 0.177. The van der Waals surface area contributed by atoms with Crippen LogP contribution in [0.15, 0.2) is 29.2 Å². The monoisotopic (exact) mass is 244 g/mol. The smallest absolute Gasteiger partial charge is 0.420 e. The molecule has 0 fully saturated rings. The first kappa shape index (κ1) is 12.3. The van der Waals surface area contributed by atoms with Gasteiger partial charge in [-0.05, 0) is 12.1 Å². The lowest BCUT2D eigenvalue weighted by Crippen LogP contribution is -2.30. The van der Waals surface area contributed by atoms with E-state index in [2.05, 4.69) is 10.1 Å². The Hall–Kier alpha value is -1.76. The molecule has 2 N–H and O–H groups in total. The van der Waals surface area contributed by atoms with Gasteiger partial charge in [0.15, 0.2) is 0 Å². The molecule has 0 heterocycles. The number of ether oxygens (including phenoxy) is 1. The van der Waals surface area contributed by atoms with Crippen molar-refractivity contribution in [1.29, 1.82) is 0 Å². The van der Waals surface area contributed by atoms with Crippen molar-refractivity contribution in [3.63, 3.8) is 0 Å². The number of hydrogen-bond donors (Lipinski definition) is 2. The van der Waals surface area contributed by atoms with E-state index in [-0.39, 0.29) is 4.90 Å². The van der Waals surface area contributed by atoms with Gasteiger partial charge in [-0.25, -0.2) is 17.9 Å². The first-order valence-corrected chi connectivity index (χ1v) is 5.87.